The molecule has 29 heavy (non-hydrogen) atoms. The first-order valence-electron chi connectivity index (χ1n) is 8.99. The van der Waals surface area contributed by atoms with Crippen LogP contribution in [-0.2, 0) is 9.59 Å². The fourth-order valence-electron chi connectivity index (χ4n) is 3.12. The number of anilines is 2. The lowest BCUT2D eigenvalue weighted by Crippen LogP contribution is -2.58. The van der Waals surface area contributed by atoms with Crippen molar-refractivity contribution in [3.05, 3.63) is 52.5 Å². The number of benzene rings is 2. The van der Waals surface area contributed by atoms with E-state index < -0.39 is 29.4 Å². The number of carboxylic acids is 1. The number of hydrogen-bond acceptors (Lipinski definition) is 4. The number of rotatable bonds is 4. The first-order chi connectivity index (χ1) is 13.5. The van der Waals surface area contributed by atoms with Crippen molar-refractivity contribution in [3.8, 4) is 5.75 Å². The second kappa shape index (κ2) is 7.40. The summed E-state index contributed by atoms with van der Waals surface area (Å²) >= 11 is 6.11. The van der Waals surface area contributed by atoms with Gasteiger partial charge < -0.3 is 15.2 Å². The Bertz CT molecular complexity index is 1020. The van der Waals surface area contributed by atoms with Crippen LogP contribution in [-0.4, -0.2) is 34.5 Å². The van der Waals surface area contributed by atoms with Crippen LogP contribution < -0.4 is 15.0 Å². The van der Waals surface area contributed by atoms with Crippen LogP contribution in [0.5, 0.6) is 5.75 Å². The van der Waals surface area contributed by atoms with Crippen LogP contribution in [0.15, 0.2) is 36.4 Å². The molecule has 0 aromatic heterocycles. The Morgan fingerprint density at radius 3 is 2.59 bits per heavy atom. The van der Waals surface area contributed by atoms with Crippen molar-refractivity contribution in [2.45, 2.75) is 39.3 Å². The Balaban J connectivity index is 2.00. The second-order valence-electron chi connectivity index (χ2n) is 7.35. The molecule has 1 atom stereocenters. The topological polar surface area (TPSA) is 95.9 Å². The van der Waals surface area contributed by atoms with Gasteiger partial charge in [0.2, 0.25) is 5.91 Å². The van der Waals surface area contributed by atoms with Crippen molar-refractivity contribution < 1.29 is 24.2 Å². The van der Waals surface area contributed by atoms with Crippen LogP contribution in [0.25, 0.3) is 0 Å². The predicted octanol–water partition coefficient (Wildman–Crippen LogP) is 3.88. The molecule has 0 radical (unpaired) electrons. The van der Waals surface area contributed by atoms with E-state index in [0.29, 0.717) is 22.0 Å². The van der Waals surface area contributed by atoms with E-state index in [0.717, 1.165) is 0 Å². The molecule has 2 aromatic carbocycles. The van der Waals surface area contributed by atoms with Gasteiger partial charge in [0.15, 0.2) is 5.60 Å². The highest BCUT2D eigenvalue weighted by Crippen LogP contribution is 2.39. The Kier molecular flexibility index (Phi) is 5.28. The van der Waals surface area contributed by atoms with E-state index in [9.17, 15) is 19.5 Å². The van der Waals surface area contributed by atoms with E-state index in [1.165, 1.54) is 23.1 Å². The van der Waals surface area contributed by atoms with Gasteiger partial charge in [-0.3, -0.25) is 14.5 Å². The summed E-state index contributed by atoms with van der Waals surface area (Å²) in [5.74, 6) is -1.69. The fourth-order valence-corrected chi connectivity index (χ4v) is 3.30. The Morgan fingerprint density at radius 2 is 1.93 bits per heavy atom. The molecule has 0 spiro atoms. The number of amides is 2. The van der Waals surface area contributed by atoms with E-state index in [1.807, 2.05) is 0 Å². The lowest BCUT2D eigenvalue weighted by molar-refractivity contribution is -0.134. The summed E-state index contributed by atoms with van der Waals surface area (Å²) in [4.78, 5) is 38.7. The SMILES string of the molecule is Cc1c(Cl)cccc1NC(=O)C(C)N1C(=O)C(C)(C)Oc2ccc(C(=O)O)cc21. The van der Waals surface area contributed by atoms with Gasteiger partial charge in [0, 0.05) is 10.7 Å². The van der Waals surface area contributed by atoms with E-state index in [-0.39, 0.29) is 11.3 Å². The van der Waals surface area contributed by atoms with Gasteiger partial charge in [0.25, 0.3) is 5.91 Å². The highest BCUT2D eigenvalue weighted by molar-refractivity contribution is 6.31. The summed E-state index contributed by atoms with van der Waals surface area (Å²) in [5, 5.41) is 12.6. The summed E-state index contributed by atoms with van der Waals surface area (Å²) < 4.78 is 5.75. The van der Waals surface area contributed by atoms with Gasteiger partial charge in [-0.05, 0) is 63.6 Å². The molecule has 1 heterocycles. The minimum absolute atomic E-state index is 0.0110. The smallest absolute Gasteiger partial charge is 0.335 e. The molecule has 0 bridgehead atoms. The number of hydrogen-bond donors (Lipinski definition) is 2. The number of halogens is 1. The second-order valence-corrected chi connectivity index (χ2v) is 7.76. The van der Waals surface area contributed by atoms with Crippen molar-refractivity contribution in [2.24, 2.45) is 0 Å². The largest absolute Gasteiger partial charge is 0.478 e. The summed E-state index contributed by atoms with van der Waals surface area (Å²) in [6, 6.07) is 8.44. The average Bonchev–Trinajstić information content (AvgIpc) is 2.65. The lowest BCUT2D eigenvalue weighted by atomic mass is 10.0. The third-order valence-electron chi connectivity index (χ3n) is 4.86. The maximum atomic E-state index is 13.1. The third kappa shape index (κ3) is 3.78. The van der Waals surface area contributed by atoms with Gasteiger partial charge in [-0.25, -0.2) is 4.79 Å². The van der Waals surface area contributed by atoms with E-state index in [1.54, 1.807) is 45.9 Å². The molecule has 1 aliphatic heterocycles. The summed E-state index contributed by atoms with van der Waals surface area (Å²) in [7, 11) is 0. The fraction of sp³-hybridized carbons (Fsp3) is 0.286. The zero-order chi connectivity index (χ0) is 21.5. The molecule has 2 amide bonds. The Hall–Kier alpha value is -3.06. The number of nitrogens with one attached hydrogen (secondary N) is 1. The molecule has 2 aromatic rings. The number of carbonyl (C=O) groups excluding carboxylic acids is 2. The van der Waals surface area contributed by atoms with Crippen LogP contribution >= 0.6 is 11.6 Å². The van der Waals surface area contributed by atoms with E-state index in [4.69, 9.17) is 16.3 Å². The first-order valence-corrected chi connectivity index (χ1v) is 9.36. The lowest BCUT2D eigenvalue weighted by Gasteiger charge is -2.41. The number of ether oxygens (including phenoxy) is 1. The van der Waals surface area contributed by atoms with Gasteiger partial charge in [-0.1, -0.05) is 17.7 Å². The quantitative estimate of drug-likeness (QED) is 0.788. The molecule has 0 aliphatic carbocycles. The molecule has 1 aliphatic rings. The molecule has 8 heteroatoms. The Labute approximate surface area is 173 Å². The molecule has 0 fully saturated rings. The van der Waals surface area contributed by atoms with Crippen LogP contribution in [0.1, 0.15) is 36.7 Å². The van der Waals surface area contributed by atoms with Gasteiger partial charge in [0.05, 0.1) is 11.3 Å². The predicted molar refractivity (Wildman–Crippen MR) is 110 cm³/mol. The highest BCUT2D eigenvalue weighted by atomic mass is 35.5. The van der Waals surface area contributed by atoms with Crippen molar-refractivity contribution >= 4 is 40.8 Å². The standard InChI is InChI=1S/C21H21ClN2O5/c1-11-14(22)6-5-7-15(11)23-18(25)12(2)24-16-10-13(19(26)27)8-9-17(16)29-21(3,4)20(24)28/h5-10,12H,1-4H3,(H,23,25)(H,26,27). The summed E-state index contributed by atoms with van der Waals surface area (Å²) in [6.07, 6.45) is 0. The Morgan fingerprint density at radius 1 is 1.24 bits per heavy atom. The minimum Gasteiger partial charge on any atom is -0.478 e. The average molecular weight is 417 g/mol. The summed E-state index contributed by atoms with van der Waals surface area (Å²) in [5.41, 5.74) is 0.256. The zero-order valence-corrected chi connectivity index (χ0v) is 17.2. The molecule has 3 rings (SSSR count). The molecule has 2 N–H and O–H groups in total. The van der Waals surface area contributed by atoms with Gasteiger partial charge in [-0.15, -0.1) is 0 Å². The zero-order valence-electron chi connectivity index (χ0n) is 16.4. The monoisotopic (exact) mass is 416 g/mol. The normalized spacial score (nSPS) is 15.9. The summed E-state index contributed by atoms with van der Waals surface area (Å²) in [6.45, 7) is 6.55. The molecule has 152 valence electrons. The maximum absolute atomic E-state index is 13.1. The number of aromatic carboxylic acids is 1. The van der Waals surface area contributed by atoms with Crippen LogP contribution in [0, 0.1) is 6.92 Å². The molecule has 1 unspecified atom stereocenters. The molecule has 7 nitrogen and oxygen atoms in total. The molecule has 0 saturated heterocycles. The van der Waals surface area contributed by atoms with Crippen LogP contribution in [0.2, 0.25) is 5.02 Å². The van der Waals surface area contributed by atoms with Crippen molar-refractivity contribution in [2.75, 3.05) is 10.2 Å². The van der Waals surface area contributed by atoms with Gasteiger partial charge >= 0.3 is 5.97 Å². The number of nitrogens with zero attached hydrogens (tertiary/aromatic N) is 1. The van der Waals surface area contributed by atoms with Gasteiger partial charge in [0.1, 0.15) is 11.8 Å². The van der Waals surface area contributed by atoms with E-state index >= 15 is 0 Å². The molecular formula is C21H21ClN2O5. The highest BCUT2D eigenvalue weighted by Gasteiger charge is 2.44. The molecule has 0 saturated carbocycles. The van der Waals surface area contributed by atoms with Crippen LogP contribution in [0.3, 0.4) is 0 Å². The van der Waals surface area contributed by atoms with Gasteiger partial charge in [-0.2, -0.15) is 0 Å². The minimum atomic E-state index is -1.21. The van der Waals surface area contributed by atoms with Crippen molar-refractivity contribution in [1.29, 1.82) is 0 Å². The van der Waals surface area contributed by atoms with Crippen molar-refractivity contribution in [1.82, 2.24) is 0 Å². The molecular weight excluding hydrogens is 396 g/mol. The van der Waals surface area contributed by atoms with Crippen LogP contribution in [0.4, 0.5) is 11.4 Å². The maximum Gasteiger partial charge on any atom is 0.335 e. The number of fused-ring (bicyclic) bond motifs is 1. The number of carbonyl (C=O) groups is 3. The van der Waals surface area contributed by atoms with E-state index in [2.05, 4.69) is 5.32 Å². The number of carboxylic acid groups (broad SMARTS) is 1. The first kappa shape index (κ1) is 20.7. The van der Waals surface area contributed by atoms with Crippen molar-refractivity contribution in [3.63, 3.8) is 0 Å². The third-order valence-corrected chi connectivity index (χ3v) is 5.27.